The predicted octanol–water partition coefficient (Wildman–Crippen LogP) is 2.48. The topological polar surface area (TPSA) is 20.3 Å². The van der Waals surface area contributed by atoms with Gasteiger partial charge >= 0.3 is 6.18 Å². The Balaban J connectivity index is 2.98. The van der Waals surface area contributed by atoms with Crippen LogP contribution in [0.4, 0.5) is 13.2 Å². The molecule has 92 valence electrons. The number of halogens is 3. The van der Waals surface area contributed by atoms with Crippen molar-refractivity contribution in [2.75, 3.05) is 20.6 Å². The van der Waals surface area contributed by atoms with Crippen LogP contribution < -0.4 is 0 Å². The van der Waals surface area contributed by atoms with Crippen molar-refractivity contribution in [3.05, 3.63) is 35.4 Å². The number of carbonyl (C=O) groups excluding carboxylic acids is 1. The van der Waals surface area contributed by atoms with Crippen molar-refractivity contribution in [1.29, 1.82) is 0 Å². The highest BCUT2D eigenvalue weighted by Crippen LogP contribution is 2.29. The molecule has 2 nitrogen and oxygen atoms in total. The van der Waals surface area contributed by atoms with Crippen molar-refractivity contribution in [3.8, 4) is 0 Å². The number of benzene rings is 1. The van der Waals surface area contributed by atoms with Crippen LogP contribution in [-0.2, 0) is 11.0 Å². The number of nitrogens with zero attached hydrogens (tertiary/aromatic N) is 1. The van der Waals surface area contributed by atoms with Gasteiger partial charge in [-0.25, -0.2) is 4.79 Å². The molecule has 17 heavy (non-hydrogen) atoms. The minimum atomic E-state index is -4.36. The van der Waals surface area contributed by atoms with E-state index in [1.165, 1.54) is 12.1 Å². The molecule has 0 unspecified atom stereocenters. The van der Waals surface area contributed by atoms with Gasteiger partial charge in [-0.05, 0) is 31.8 Å². The standard InChI is InChI=1S/C12H12F3NO/c1-16(2)7-10(8-17)9-3-5-11(6-4-9)12(13,14)15/h3-6H,7H2,1-2H3. The maximum absolute atomic E-state index is 12.3. The largest absolute Gasteiger partial charge is 0.416 e. The second-order valence-electron chi connectivity index (χ2n) is 3.89. The maximum atomic E-state index is 12.3. The molecule has 0 saturated heterocycles. The Morgan fingerprint density at radius 2 is 1.76 bits per heavy atom. The van der Waals surface area contributed by atoms with E-state index in [0.29, 0.717) is 17.7 Å². The van der Waals surface area contributed by atoms with Crippen molar-refractivity contribution in [3.63, 3.8) is 0 Å². The summed E-state index contributed by atoms with van der Waals surface area (Å²) < 4.78 is 37.0. The number of rotatable bonds is 3. The lowest BCUT2D eigenvalue weighted by molar-refractivity contribution is -0.137. The second kappa shape index (κ2) is 5.17. The molecular formula is C12H12F3NO. The summed E-state index contributed by atoms with van der Waals surface area (Å²) in [6.07, 6.45) is -4.36. The molecule has 0 heterocycles. The molecule has 0 bridgehead atoms. The molecule has 0 atom stereocenters. The third kappa shape index (κ3) is 3.73. The Bertz CT molecular complexity index is 428. The van der Waals surface area contributed by atoms with Crippen LogP contribution in [0.3, 0.4) is 0 Å². The van der Waals surface area contributed by atoms with Gasteiger partial charge in [-0.1, -0.05) is 12.1 Å². The fourth-order valence-electron chi connectivity index (χ4n) is 1.36. The Hall–Kier alpha value is -1.58. The first-order chi connectivity index (χ1) is 7.84. The van der Waals surface area contributed by atoms with Gasteiger partial charge < -0.3 is 4.90 Å². The molecule has 1 rings (SSSR count). The summed E-state index contributed by atoms with van der Waals surface area (Å²) in [5.74, 6) is 1.75. The van der Waals surface area contributed by atoms with Crippen LogP contribution in [0.5, 0.6) is 0 Å². The molecule has 0 amide bonds. The third-order valence-electron chi connectivity index (χ3n) is 2.16. The average Bonchev–Trinajstić information content (AvgIpc) is 2.24. The molecule has 0 aromatic heterocycles. The van der Waals surface area contributed by atoms with Gasteiger partial charge in [-0.15, -0.1) is 0 Å². The summed E-state index contributed by atoms with van der Waals surface area (Å²) in [6, 6.07) is 4.49. The first kappa shape index (κ1) is 13.5. The van der Waals surface area contributed by atoms with Crippen molar-refractivity contribution in [1.82, 2.24) is 4.90 Å². The highest BCUT2D eigenvalue weighted by Gasteiger charge is 2.30. The average molecular weight is 243 g/mol. The van der Waals surface area contributed by atoms with Crippen molar-refractivity contribution in [2.45, 2.75) is 6.18 Å². The smallest absolute Gasteiger partial charge is 0.304 e. The van der Waals surface area contributed by atoms with Crippen LogP contribution in [0.2, 0.25) is 0 Å². The molecule has 0 radical (unpaired) electrons. The van der Waals surface area contributed by atoms with Gasteiger partial charge in [0.1, 0.15) is 5.94 Å². The molecule has 0 aliphatic rings. The SMILES string of the molecule is CN(C)CC(=C=O)c1ccc(C(F)(F)F)cc1. The Kier molecular flexibility index (Phi) is 4.10. The van der Waals surface area contributed by atoms with E-state index in [0.717, 1.165) is 12.1 Å². The zero-order chi connectivity index (χ0) is 13.1. The van der Waals surface area contributed by atoms with Crippen molar-refractivity contribution >= 4 is 11.5 Å². The third-order valence-corrected chi connectivity index (χ3v) is 2.16. The first-order valence-corrected chi connectivity index (χ1v) is 4.91. The number of hydrogen-bond donors (Lipinski definition) is 0. The van der Waals surface area contributed by atoms with Crippen LogP contribution in [-0.4, -0.2) is 31.5 Å². The highest BCUT2D eigenvalue weighted by molar-refractivity contribution is 5.88. The van der Waals surface area contributed by atoms with E-state index in [2.05, 4.69) is 0 Å². The molecule has 5 heteroatoms. The Morgan fingerprint density at radius 3 is 2.12 bits per heavy atom. The van der Waals surface area contributed by atoms with Gasteiger partial charge in [0.15, 0.2) is 0 Å². The van der Waals surface area contributed by atoms with Crippen LogP contribution in [0, 0.1) is 0 Å². The van der Waals surface area contributed by atoms with E-state index in [1.54, 1.807) is 24.9 Å². The Labute approximate surface area is 97.3 Å². The lowest BCUT2D eigenvalue weighted by Crippen LogP contribution is -2.15. The Morgan fingerprint density at radius 1 is 1.24 bits per heavy atom. The molecule has 0 spiro atoms. The van der Waals surface area contributed by atoms with Crippen LogP contribution in [0.25, 0.3) is 5.57 Å². The van der Waals surface area contributed by atoms with Gasteiger partial charge in [0.2, 0.25) is 0 Å². The fraction of sp³-hybridized carbons (Fsp3) is 0.333. The van der Waals surface area contributed by atoms with Crippen LogP contribution >= 0.6 is 0 Å². The summed E-state index contributed by atoms with van der Waals surface area (Å²) >= 11 is 0. The zero-order valence-corrected chi connectivity index (χ0v) is 9.51. The molecule has 0 aliphatic heterocycles. The molecule has 0 N–H and O–H groups in total. The quantitative estimate of drug-likeness (QED) is 0.760. The molecule has 1 aromatic carbocycles. The summed E-state index contributed by atoms with van der Waals surface area (Å²) in [7, 11) is 3.53. The van der Waals surface area contributed by atoms with Gasteiger partial charge in [0.05, 0.1) is 11.1 Å². The first-order valence-electron chi connectivity index (χ1n) is 4.91. The van der Waals surface area contributed by atoms with Crippen molar-refractivity contribution < 1.29 is 18.0 Å². The van der Waals surface area contributed by atoms with E-state index in [1.807, 2.05) is 0 Å². The van der Waals surface area contributed by atoms with Gasteiger partial charge in [-0.3, -0.25) is 0 Å². The molecule has 0 aliphatic carbocycles. The van der Waals surface area contributed by atoms with E-state index in [4.69, 9.17) is 0 Å². The van der Waals surface area contributed by atoms with E-state index >= 15 is 0 Å². The monoisotopic (exact) mass is 243 g/mol. The molecule has 0 saturated carbocycles. The second-order valence-corrected chi connectivity index (χ2v) is 3.89. The summed E-state index contributed by atoms with van der Waals surface area (Å²) in [6.45, 7) is 0.342. The lowest BCUT2D eigenvalue weighted by Gasteiger charge is -2.11. The van der Waals surface area contributed by atoms with Crippen LogP contribution in [0.1, 0.15) is 11.1 Å². The van der Waals surface area contributed by atoms with Gasteiger partial charge in [-0.2, -0.15) is 13.2 Å². The van der Waals surface area contributed by atoms with Gasteiger partial charge in [0, 0.05) is 6.54 Å². The summed E-state index contributed by atoms with van der Waals surface area (Å²) in [5, 5.41) is 0. The molecule has 0 fully saturated rings. The molecule has 1 aromatic rings. The minimum Gasteiger partial charge on any atom is -0.304 e. The predicted molar refractivity (Wildman–Crippen MR) is 59.1 cm³/mol. The highest BCUT2D eigenvalue weighted by atomic mass is 19.4. The van der Waals surface area contributed by atoms with Gasteiger partial charge in [0.25, 0.3) is 0 Å². The van der Waals surface area contributed by atoms with E-state index in [-0.39, 0.29) is 0 Å². The number of alkyl halides is 3. The van der Waals surface area contributed by atoms with E-state index in [9.17, 15) is 18.0 Å². The summed E-state index contributed by atoms with van der Waals surface area (Å²) in [5.41, 5.74) is 0.0711. The molecular weight excluding hydrogens is 231 g/mol. The fourth-order valence-corrected chi connectivity index (χ4v) is 1.36. The maximum Gasteiger partial charge on any atom is 0.416 e. The van der Waals surface area contributed by atoms with Crippen molar-refractivity contribution in [2.24, 2.45) is 0 Å². The zero-order valence-electron chi connectivity index (χ0n) is 9.51. The van der Waals surface area contributed by atoms with Crippen LogP contribution in [0.15, 0.2) is 24.3 Å². The number of hydrogen-bond acceptors (Lipinski definition) is 2. The van der Waals surface area contributed by atoms with E-state index < -0.39 is 11.7 Å². The summed E-state index contributed by atoms with van der Waals surface area (Å²) in [4.78, 5) is 12.5. The lowest BCUT2D eigenvalue weighted by atomic mass is 10.0. The number of likely N-dealkylation sites (N-methyl/N-ethyl adjacent to an activating group) is 1. The normalized spacial score (nSPS) is 11.4. The minimum absolute atomic E-state index is 0.337.